The highest BCUT2D eigenvalue weighted by molar-refractivity contribution is 7.89. The van der Waals surface area contributed by atoms with Crippen molar-refractivity contribution in [1.29, 1.82) is 0 Å². The molecule has 2 amide bonds. The maximum atomic E-state index is 12.0. The van der Waals surface area contributed by atoms with Crippen LogP contribution in [0.2, 0.25) is 0 Å². The Hall–Kier alpha value is -0.930. The molecule has 1 N–H and O–H groups in total. The second-order valence-corrected chi connectivity index (χ2v) is 6.40. The molecule has 0 rings (SSSR count). The number of nitroso groups, excluding NO2 is 1. The average molecular weight is 329 g/mol. The number of urea groups is 1. The van der Waals surface area contributed by atoms with E-state index in [2.05, 4.69) is 10.6 Å². The molecule has 0 bridgehead atoms. The zero-order valence-electron chi connectivity index (χ0n) is 11.7. The summed E-state index contributed by atoms with van der Waals surface area (Å²) in [5.74, 6) is -0.155. The molecule has 0 heterocycles. The Labute approximate surface area is 124 Å². The molecular formula is C10H21ClN4O4S. The summed E-state index contributed by atoms with van der Waals surface area (Å²) in [6.45, 7) is 4.36. The van der Waals surface area contributed by atoms with Gasteiger partial charge in [-0.25, -0.2) is 17.5 Å². The second-order valence-electron chi connectivity index (χ2n) is 3.93. The first kappa shape index (κ1) is 19.1. The third-order valence-corrected chi connectivity index (χ3v) is 4.60. The number of carbonyl (C=O) groups excluding carboxylic acids is 1. The molecule has 0 aliphatic carbocycles. The summed E-state index contributed by atoms with van der Waals surface area (Å²) in [7, 11) is -3.41. The molecular weight excluding hydrogens is 308 g/mol. The molecule has 0 fully saturated rings. The van der Waals surface area contributed by atoms with Crippen molar-refractivity contribution in [3.63, 3.8) is 0 Å². The highest BCUT2D eigenvalue weighted by Crippen LogP contribution is 2.02. The Balaban J connectivity index is 4.34. The average Bonchev–Trinajstić information content (AvgIpc) is 2.41. The van der Waals surface area contributed by atoms with Crippen LogP contribution in [0.5, 0.6) is 0 Å². The van der Waals surface area contributed by atoms with Crippen molar-refractivity contribution in [3.8, 4) is 0 Å². The van der Waals surface area contributed by atoms with E-state index in [4.69, 9.17) is 11.6 Å². The van der Waals surface area contributed by atoms with E-state index < -0.39 is 16.1 Å². The van der Waals surface area contributed by atoms with Crippen LogP contribution in [0.25, 0.3) is 0 Å². The lowest BCUT2D eigenvalue weighted by Gasteiger charge is -2.20. The molecule has 20 heavy (non-hydrogen) atoms. The fraction of sp³-hybridized carbons (Fsp3) is 0.900. The predicted molar refractivity (Wildman–Crippen MR) is 77.9 cm³/mol. The number of nitrogens with one attached hydrogen (secondary N) is 1. The molecule has 10 heteroatoms. The van der Waals surface area contributed by atoms with Gasteiger partial charge in [0.25, 0.3) is 0 Å². The van der Waals surface area contributed by atoms with Crippen LogP contribution in [-0.4, -0.2) is 61.6 Å². The molecule has 0 unspecified atom stereocenters. The standard InChI is InChI=1S/C10H21ClN4O4S/c1-3-7-14(4-2)20(18,19)9-6-12-10(16)15(13-17)8-5-11/h3-9H2,1-2H3,(H,12,16). The maximum absolute atomic E-state index is 12.0. The van der Waals surface area contributed by atoms with Gasteiger partial charge in [0, 0.05) is 25.5 Å². The van der Waals surface area contributed by atoms with Crippen LogP contribution in [0, 0.1) is 4.91 Å². The lowest BCUT2D eigenvalue weighted by molar-refractivity contribution is 0.203. The lowest BCUT2D eigenvalue weighted by atomic mass is 10.5. The van der Waals surface area contributed by atoms with E-state index in [0.29, 0.717) is 18.1 Å². The van der Waals surface area contributed by atoms with Crippen molar-refractivity contribution in [2.75, 3.05) is 37.8 Å². The Bertz CT molecular complexity index is 404. The van der Waals surface area contributed by atoms with Crippen LogP contribution >= 0.6 is 11.6 Å². The number of rotatable bonds is 10. The Morgan fingerprint density at radius 3 is 2.40 bits per heavy atom. The fourth-order valence-corrected chi connectivity index (χ4v) is 3.14. The van der Waals surface area contributed by atoms with Crippen molar-refractivity contribution in [2.45, 2.75) is 20.3 Å². The van der Waals surface area contributed by atoms with Gasteiger partial charge < -0.3 is 5.32 Å². The minimum Gasteiger partial charge on any atom is -0.335 e. The molecule has 0 saturated carbocycles. The maximum Gasteiger partial charge on any atom is 0.340 e. The molecule has 0 aromatic rings. The quantitative estimate of drug-likeness (QED) is 0.367. The summed E-state index contributed by atoms with van der Waals surface area (Å²) in [6, 6.07) is -0.755. The van der Waals surface area contributed by atoms with E-state index in [1.165, 1.54) is 4.31 Å². The summed E-state index contributed by atoms with van der Waals surface area (Å²) < 4.78 is 25.3. The smallest absolute Gasteiger partial charge is 0.335 e. The number of carbonyl (C=O) groups is 1. The van der Waals surface area contributed by atoms with Gasteiger partial charge in [-0.1, -0.05) is 13.8 Å². The van der Waals surface area contributed by atoms with E-state index in [-0.39, 0.29) is 24.7 Å². The minimum absolute atomic E-state index is 0.0272. The van der Waals surface area contributed by atoms with E-state index >= 15 is 0 Å². The summed E-state index contributed by atoms with van der Waals surface area (Å²) in [5, 5.41) is 5.44. The first-order valence-corrected chi connectivity index (χ1v) is 8.49. The van der Waals surface area contributed by atoms with Gasteiger partial charge in [-0.3, -0.25) is 0 Å². The molecule has 0 aromatic heterocycles. The van der Waals surface area contributed by atoms with Gasteiger partial charge >= 0.3 is 6.03 Å². The summed E-state index contributed by atoms with van der Waals surface area (Å²) in [6.07, 6.45) is 0.720. The van der Waals surface area contributed by atoms with Crippen molar-refractivity contribution in [2.24, 2.45) is 5.29 Å². The molecule has 0 radical (unpaired) electrons. The first-order valence-electron chi connectivity index (χ1n) is 6.35. The van der Waals surface area contributed by atoms with Crippen molar-refractivity contribution in [3.05, 3.63) is 4.91 Å². The molecule has 0 saturated heterocycles. The molecule has 8 nitrogen and oxygen atoms in total. The van der Waals surface area contributed by atoms with Gasteiger partial charge in [-0.15, -0.1) is 16.5 Å². The van der Waals surface area contributed by atoms with Crippen LogP contribution in [0.15, 0.2) is 5.29 Å². The van der Waals surface area contributed by atoms with Crippen molar-refractivity contribution in [1.82, 2.24) is 14.6 Å². The van der Waals surface area contributed by atoms with Crippen LogP contribution in [0.3, 0.4) is 0 Å². The lowest BCUT2D eigenvalue weighted by Crippen LogP contribution is -2.42. The normalized spacial score (nSPS) is 11.4. The number of nitrogens with zero attached hydrogens (tertiary/aromatic N) is 3. The zero-order chi connectivity index (χ0) is 15.6. The van der Waals surface area contributed by atoms with Gasteiger partial charge in [0.15, 0.2) is 0 Å². The highest BCUT2D eigenvalue weighted by Gasteiger charge is 2.20. The number of hydrogen-bond donors (Lipinski definition) is 1. The molecule has 118 valence electrons. The van der Waals surface area contributed by atoms with Crippen LogP contribution in [0.4, 0.5) is 4.79 Å². The third kappa shape index (κ3) is 6.49. The van der Waals surface area contributed by atoms with E-state index in [9.17, 15) is 18.1 Å². The second kappa shape index (κ2) is 9.89. The number of sulfonamides is 1. The van der Waals surface area contributed by atoms with Gasteiger partial charge in [0.2, 0.25) is 10.0 Å². The van der Waals surface area contributed by atoms with Crippen molar-refractivity contribution >= 4 is 27.7 Å². The molecule has 0 atom stereocenters. The van der Waals surface area contributed by atoms with Crippen LogP contribution in [-0.2, 0) is 10.0 Å². The summed E-state index contributed by atoms with van der Waals surface area (Å²) >= 11 is 5.40. The number of alkyl halides is 1. The number of hydrogen-bond acceptors (Lipinski definition) is 5. The summed E-state index contributed by atoms with van der Waals surface area (Å²) in [5.41, 5.74) is 0. The fourth-order valence-electron chi connectivity index (χ4n) is 1.51. The minimum atomic E-state index is -3.41. The Kier molecular flexibility index (Phi) is 9.43. The van der Waals surface area contributed by atoms with E-state index in [0.717, 1.165) is 6.42 Å². The van der Waals surface area contributed by atoms with Crippen LogP contribution < -0.4 is 5.32 Å². The van der Waals surface area contributed by atoms with Gasteiger partial charge in [0.05, 0.1) is 17.6 Å². The number of halogens is 1. The summed E-state index contributed by atoms with van der Waals surface area (Å²) in [4.78, 5) is 21.8. The topological polar surface area (TPSA) is 99.2 Å². The highest BCUT2D eigenvalue weighted by atomic mass is 35.5. The predicted octanol–water partition coefficient (Wildman–Crippen LogP) is 0.980. The monoisotopic (exact) mass is 328 g/mol. The Morgan fingerprint density at radius 1 is 1.30 bits per heavy atom. The molecule has 0 spiro atoms. The van der Waals surface area contributed by atoms with Crippen molar-refractivity contribution < 1.29 is 13.2 Å². The molecule has 0 aliphatic rings. The van der Waals surface area contributed by atoms with E-state index in [1.54, 1.807) is 6.92 Å². The first-order chi connectivity index (χ1) is 9.42. The third-order valence-electron chi connectivity index (χ3n) is 2.48. The largest absolute Gasteiger partial charge is 0.340 e. The molecule has 0 aliphatic heterocycles. The van der Waals surface area contributed by atoms with Gasteiger partial charge in [0.1, 0.15) is 0 Å². The van der Waals surface area contributed by atoms with Gasteiger partial charge in [-0.05, 0) is 6.42 Å². The van der Waals surface area contributed by atoms with E-state index in [1.807, 2.05) is 6.92 Å². The van der Waals surface area contributed by atoms with Gasteiger partial charge in [-0.2, -0.15) is 5.01 Å². The Morgan fingerprint density at radius 2 is 1.95 bits per heavy atom. The number of amides is 2. The van der Waals surface area contributed by atoms with Crippen LogP contribution in [0.1, 0.15) is 20.3 Å². The SMILES string of the molecule is CCCN(CC)S(=O)(=O)CCNC(=O)N(CCCl)N=O. The molecule has 0 aromatic carbocycles. The zero-order valence-corrected chi connectivity index (χ0v) is 13.3.